The number of likely N-dealkylation sites (N-methyl/N-ethyl adjacent to an activating group) is 1. The summed E-state index contributed by atoms with van der Waals surface area (Å²) in [6.45, 7) is 6.21. The van der Waals surface area contributed by atoms with Crippen LogP contribution in [-0.2, 0) is 4.74 Å². The Morgan fingerprint density at radius 1 is 1.42 bits per heavy atom. The van der Waals surface area contributed by atoms with Crippen molar-refractivity contribution in [2.24, 2.45) is 0 Å². The lowest BCUT2D eigenvalue weighted by Gasteiger charge is -2.19. The summed E-state index contributed by atoms with van der Waals surface area (Å²) >= 11 is 0. The predicted molar refractivity (Wildman–Crippen MR) is 93.8 cm³/mol. The molecule has 1 saturated heterocycles. The number of benzene rings is 1. The summed E-state index contributed by atoms with van der Waals surface area (Å²) in [6.07, 6.45) is 0.0359. The lowest BCUT2D eigenvalue weighted by Crippen LogP contribution is -2.44. The molecule has 6 nitrogen and oxygen atoms in total. The zero-order valence-electron chi connectivity index (χ0n) is 14.7. The molecule has 1 fully saturated rings. The fourth-order valence-corrected chi connectivity index (χ4v) is 3.38. The van der Waals surface area contributed by atoms with Crippen molar-refractivity contribution in [3.05, 3.63) is 29.5 Å². The van der Waals surface area contributed by atoms with Crippen molar-refractivity contribution in [3.63, 3.8) is 0 Å². The van der Waals surface area contributed by atoms with Crippen molar-refractivity contribution in [1.29, 1.82) is 0 Å². The maximum Gasteiger partial charge on any atom is 0.268 e. The third kappa shape index (κ3) is 3.12. The van der Waals surface area contributed by atoms with Gasteiger partial charge in [-0.25, -0.2) is 0 Å². The monoisotopic (exact) mass is 331 g/mol. The molecule has 2 heterocycles. The smallest absolute Gasteiger partial charge is 0.268 e. The van der Waals surface area contributed by atoms with Crippen LogP contribution in [0.5, 0.6) is 5.75 Å². The molecule has 1 aliphatic rings. The van der Waals surface area contributed by atoms with Crippen LogP contribution in [0.2, 0.25) is 0 Å². The lowest BCUT2D eigenvalue weighted by molar-refractivity contribution is 0.0512. The minimum atomic E-state index is -0.0901. The Labute approximate surface area is 142 Å². The van der Waals surface area contributed by atoms with Gasteiger partial charge in [0.25, 0.3) is 5.91 Å². The maximum absolute atomic E-state index is 12.8. The van der Waals surface area contributed by atoms with E-state index in [1.165, 1.54) is 0 Å². The van der Waals surface area contributed by atoms with Crippen LogP contribution in [0.4, 0.5) is 0 Å². The third-order valence-corrected chi connectivity index (χ3v) is 4.64. The van der Waals surface area contributed by atoms with Crippen molar-refractivity contribution >= 4 is 16.8 Å². The van der Waals surface area contributed by atoms with E-state index in [-0.39, 0.29) is 18.1 Å². The number of fused-ring (bicyclic) bond motifs is 1. The highest BCUT2D eigenvalue weighted by Crippen LogP contribution is 2.26. The van der Waals surface area contributed by atoms with Gasteiger partial charge >= 0.3 is 0 Å². The summed E-state index contributed by atoms with van der Waals surface area (Å²) in [5.41, 5.74) is 2.46. The number of rotatable bonds is 5. The quantitative estimate of drug-likeness (QED) is 0.879. The van der Waals surface area contributed by atoms with Gasteiger partial charge in [-0.05, 0) is 44.7 Å². The van der Waals surface area contributed by atoms with E-state index in [9.17, 15) is 4.79 Å². The number of aryl methyl sites for hydroxylation is 1. The van der Waals surface area contributed by atoms with E-state index in [0.717, 1.165) is 35.3 Å². The van der Waals surface area contributed by atoms with Gasteiger partial charge in [-0.3, -0.25) is 4.79 Å². The largest absolute Gasteiger partial charge is 0.497 e. The highest BCUT2D eigenvalue weighted by atomic mass is 16.5. The number of amides is 1. The van der Waals surface area contributed by atoms with Crippen LogP contribution in [0.25, 0.3) is 10.9 Å². The number of aromatic amines is 1. The number of methoxy groups -OCH3 is 1. The molecule has 0 spiro atoms. The SMILES string of the molecule is CCO[C@@H]1CN(C)C[C@H]1NC(=O)c1[nH]c2ccc(OC)cc2c1C. The first-order valence-corrected chi connectivity index (χ1v) is 8.30. The van der Waals surface area contributed by atoms with Crippen molar-refractivity contribution in [2.45, 2.75) is 26.0 Å². The molecule has 1 aromatic heterocycles. The molecule has 2 atom stereocenters. The van der Waals surface area contributed by atoms with E-state index >= 15 is 0 Å². The molecule has 0 saturated carbocycles. The van der Waals surface area contributed by atoms with Gasteiger partial charge in [0, 0.05) is 30.6 Å². The second kappa shape index (κ2) is 6.83. The normalized spacial score (nSPS) is 21.3. The second-order valence-corrected chi connectivity index (χ2v) is 6.33. The van der Waals surface area contributed by atoms with Crippen LogP contribution < -0.4 is 10.1 Å². The number of aromatic nitrogens is 1. The molecule has 0 aliphatic carbocycles. The van der Waals surface area contributed by atoms with Crippen LogP contribution in [0.3, 0.4) is 0 Å². The predicted octanol–water partition coefficient (Wildman–Crippen LogP) is 1.93. The van der Waals surface area contributed by atoms with Crippen LogP contribution in [0.15, 0.2) is 18.2 Å². The zero-order chi connectivity index (χ0) is 17.3. The molecule has 24 heavy (non-hydrogen) atoms. The van der Waals surface area contributed by atoms with Crippen molar-refractivity contribution in [3.8, 4) is 5.75 Å². The summed E-state index contributed by atoms with van der Waals surface area (Å²) in [4.78, 5) is 18.2. The van der Waals surface area contributed by atoms with Crippen molar-refractivity contribution in [1.82, 2.24) is 15.2 Å². The second-order valence-electron chi connectivity index (χ2n) is 6.33. The summed E-state index contributed by atoms with van der Waals surface area (Å²) in [5, 5.41) is 4.13. The summed E-state index contributed by atoms with van der Waals surface area (Å²) in [6, 6.07) is 5.77. The Morgan fingerprint density at radius 3 is 2.92 bits per heavy atom. The lowest BCUT2D eigenvalue weighted by atomic mass is 10.1. The number of likely N-dealkylation sites (tertiary alicyclic amines) is 1. The van der Waals surface area contributed by atoms with E-state index in [2.05, 4.69) is 15.2 Å². The standard InChI is InChI=1S/C18H25N3O3/c1-5-24-16-10-21(3)9-15(16)20-18(22)17-11(2)13-8-12(23-4)6-7-14(13)19-17/h6-8,15-16,19H,5,9-10H2,1-4H3,(H,20,22)/t15-,16-/m1/s1. The van der Waals surface area contributed by atoms with E-state index in [0.29, 0.717) is 12.3 Å². The molecule has 0 bridgehead atoms. The van der Waals surface area contributed by atoms with Crippen LogP contribution in [-0.4, -0.2) is 61.8 Å². The first-order chi connectivity index (χ1) is 11.5. The molecule has 0 unspecified atom stereocenters. The molecular weight excluding hydrogens is 306 g/mol. The molecule has 1 aliphatic heterocycles. The first-order valence-electron chi connectivity index (χ1n) is 8.30. The van der Waals surface area contributed by atoms with Gasteiger partial charge < -0.3 is 24.7 Å². The molecule has 1 amide bonds. The zero-order valence-corrected chi connectivity index (χ0v) is 14.7. The topological polar surface area (TPSA) is 66.6 Å². The maximum atomic E-state index is 12.8. The molecule has 0 radical (unpaired) electrons. The van der Waals surface area contributed by atoms with Gasteiger partial charge in [-0.2, -0.15) is 0 Å². The summed E-state index contributed by atoms with van der Waals surface area (Å²) in [5.74, 6) is 0.693. The minimum Gasteiger partial charge on any atom is -0.497 e. The minimum absolute atomic E-state index is 0.00259. The van der Waals surface area contributed by atoms with E-state index in [4.69, 9.17) is 9.47 Å². The van der Waals surface area contributed by atoms with Crippen LogP contribution in [0, 0.1) is 6.92 Å². The molecular formula is C18H25N3O3. The summed E-state index contributed by atoms with van der Waals surface area (Å²) in [7, 11) is 3.68. The highest BCUT2D eigenvalue weighted by molar-refractivity contribution is 6.01. The van der Waals surface area contributed by atoms with Crippen molar-refractivity contribution < 1.29 is 14.3 Å². The van der Waals surface area contributed by atoms with Crippen LogP contribution in [0.1, 0.15) is 23.0 Å². The van der Waals surface area contributed by atoms with Gasteiger partial charge in [0.15, 0.2) is 0 Å². The number of hydrogen-bond donors (Lipinski definition) is 2. The first kappa shape index (κ1) is 16.8. The molecule has 130 valence electrons. The van der Waals surface area contributed by atoms with Crippen molar-refractivity contribution in [2.75, 3.05) is 33.9 Å². The van der Waals surface area contributed by atoms with Gasteiger partial charge in [-0.1, -0.05) is 0 Å². The number of carbonyl (C=O) groups excluding carboxylic acids is 1. The number of carbonyl (C=O) groups is 1. The van der Waals surface area contributed by atoms with Gasteiger partial charge in [-0.15, -0.1) is 0 Å². The van der Waals surface area contributed by atoms with Gasteiger partial charge in [0.05, 0.1) is 19.3 Å². The Kier molecular flexibility index (Phi) is 4.78. The number of ether oxygens (including phenoxy) is 2. The Morgan fingerprint density at radius 2 is 2.21 bits per heavy atom. The van der Waals surface area contributed by atoms with Gasteiger partial charge in [0.1, 0.15) is 11.4 Å². The third-order valence-electron chi connectivity index (χ3n) is 4.64. The average Bonchev–Trinajstić information content (AvgIpc) is 3.07. The molecule has 2 aromatic rings. The molecule has 1 aromatic carbocycles. The average molecular weight is 331 g/mol. The van der Waals surface area contributed by atoms with E-state index in [1.54, 1.807) is 7.11 Å². The summed E-state index contributed by atoms with van der Waals surface area (Å²) < 4.78 is 11.0. The molecule has 3 rings (SSSR count). The Bertz CT molecular complexity index is 740. The fourth-order valence-electron chi connectivity index (χ4n) is 3.38. The molecule has 2 N–H and O–H groups in total. The highest BCUT2D eigenvalue weighted by Gasteiger charge is 2.33. The number of nitrogens with zero attached hydrogens (tertiary/aromatic N) is 1. The number of H-pyrrole nitrogens is 1. The van der Waals surface area contributed by atoms with E-state index in [1.807, 2.05) is 39.1 Å². The fraction of sp³-hybridized carbons (Fsp3) is 0.500. The van der Waals surface area contributed by atoms with E-state index < -0.39 is 0 Å². The molecule has 6 heteroatoms. The van der Waals surface area contributed by atoms with Gasteiger partial charge in [0.2, 0.25) is 0 Å². The van der Waals surface area contributed by atoms with Crippen LogP contribution >= 0.6 is 0 Å². The Balaban J connectivity index is 1.82. The Hall–Kier alpha value is -2.05. The number of nitrogens with one attached hydrogen (secondary N) is 2. The number of hydrogen-bond acceptors (Lipinski definition) is 4.